The topological polar surface area (TPSA) is 74.8 Å². The Kier molecular flexibility index (Phi) is 4.07. The maximum atomic E-state index is 12.4. The number of fused-ring (bicyclic) bond motifs is 2. The summed E-state index contributed by atoms with van der Waals surface area (Å²) in [5.74, 6) is -2.68. The van der Waals surface area contributed by atoms with Crippen LogP contribution in [0, 0.1) is 0 Å². The zero-order chi connectivity index (χ0) is 15.4. The number of rotatable bonds is 1. The summed E-state index contributed by atoms with van der Waals surface area (Å²) in [5, 5.41) is 1.24. The third-order valence-electron chi connectivity index (χ3n) is 3.75. The van der Waals surface area contributed by atoms with Crippen LogP contribution in [0.15, 0.2) is 48.5 Å². The predicted octanol–water partition coefficient (Wildman–Crippen LogP) is -1.39. The van der Waals surface area contributed by atoms with Crippen molar-refractivity contribution in [2.75, 3.05) is 0 Å². The minimum atomic E-state index is -0.671. The van der Waals surface area contributed by atoms with Crippen LogP contribution >= 0.6 is 0 Å². The predicted molar refractivity (Wildman–Crippen MR) is 75.0 cm³/mol. The molecule has 0 atom stereocenters. The molecule has 2 aromatic rings. The van der Waals surface area contributed by atoms with Crippen LogP contribution in [0.25, 0.3) is 0 Å². The Labute approximate surface area is 174 Å². The molecule has 0 saturated carbocycles. The van der Waals surface area contributed by atoms with E-state index in [0.717, 1.165) is 0 Å². The zero-order valence-corrected chi connectivity index (χ0v) is 15.3. The monoisotopic (exact) mass is 332 g/mol. The van der Waals surface area contributed by atoms with Gasteiger partial charge in [0.05, 0.1) is 22.3 Å². The Balaban J connectivity index is 0.00000104. The largest absolute Gasteiger partial charge is 1.00 e. The van der Waals surface area contributed by atoms with Crippen LogP contribution in [0.3, 0.4) is 0 Å². The van der Waals surface area contributed by atoms with Crippen LogP contribution in [-0.2, 0) is 0 Å². The summed E-state index contributed by atoms with van der Waals surface area (Å²) in [6.45, 7) is 0. The summed E-state index contributed by atoms with van der Waals surface area (Å²) in [6, 6.07) is 12.5. The Hall–Kier alpha value is -1.64. The molecule has 0 radical (unpaired) electrons. The van der Waals surface area contributed by atoms with Crippen LogP contribution in [0.5, 0.6) is 0 Å². The maximum absolute atomic E-state index is 12.4. The number of carbonyl (C=O) groups is 4. The number of hydrazine groups is 1. The Bertz CT molecular complexity index is 756. The zero-order valence-electron chi connectivity index (χ0n) is 13.1. The van der Waals surface area contributed by atoms with E-state index in [1.54, 1.807) is 24.3 Å². The molecule has 0 N–H and O–H groups in total. The second-order valence-corrected chi connectivity index (χ2v) is 4.94. The van der Waals surface area contributed by atoms with Gasteiger partial charge in [-0.1, -0.05) is 24.3 Å². The van der Waals surface area contributed by atoms with E-state index in [9.17, 15) is 19.2 Å². The summed E-state index contributed by atoms with van der Waals surface area (Å²) in [7, 11) is 0. The Morgan fingerprint density at radius 3 is 0.957 bits per heavy atom. The van der Waals surface area contributed by atoms with Gasteiger partial charge in [-0.15, -0.1) is 0 Å². The van der Waals surface area contributed by atoms with Gasteiger partial charge in [-0.25, -0.2) is 0 Å². The molecule has 2 aromatic carbocycles. The molecule has 0 bridgehead atoms. The maximum Gasteiger partial charge on any atom is 1.00 e. The van der Waals surface area contributed by atoms with Crippen molar-refractivity contribution in [3.05, 3.63) is 70.8 Å². The summed E-state index contributed by atoms with van der Waals surface area (Å²) in [5.41, 5.74) is 0.737. The van der Waals surface area contributed by atoms with Gasteiger partial charge >= 0.3 is 51.4 Å². The third kappa shape index (κ3) is 2.16. The molecule has 0 aromatic heterocycles. The van der Waals surface area contributed by atoms with Crippen molar-refractivity contribution in [1.82, 2.24) is 10.0 Å². The SMILES string of the molecule is O=C1c2ccccc2C(=O)N1N1C(=O)c2ccccc2C1=O.[H-].[K+]. The van der Waals surface area contributed by atoms with Crippen molar-refractivity contribution in [3.63, 3.8) is 0 Å². The Morgan fingerprint density at radius 1 is 0.522 bits per heavy atom. The van der Waals surface area contributed by atoms with E-state index in [1.807, 2.05) is 0 Å². The van der Waals surface area contributed by atoms with E-state index in [4.69, 9.17) is 0 Å². The van der Waals surface area contributed by atoms with E-state index in [2.05, 4.69) is 0 Å². The molecular formula is C16H9KN2O4. The van der Waals surface area contributed by atoms with Gasteiger partial charge in [0, 0.05) is 0 Å². The van der Waals surface area contributed by atoms with Gasteiger partial charge < -0.3 is 1.43 Å². The van der Waals surface area contributed by atoms with Gasteiger partial charge in [0.1, 0.15) is 0 Å². The molecule has 7 heteroatoms. The first kappa shape index (κ1) is 16.2. The number of hydrogen-bond acceptors (Lipinski definition) is 4. The van der Waals surface area contributed by atoms with Crippen LogP contribution in [0.4, 0.5) is 0 Å². The van der Waals surface area contributed by atoms with Crippen LogP contribution in [0.1, 0.15) is 42.9 Å². The van der Waals surface area contributed by atoms with Gasteiger partial charge in [0.2, 0.25) is 0 Å². The molecular weight excluding hydrogens is 323 g/mol. The van der Waals surface area contributed by atoms with E-state index in [1.165, 1.54) is 24.3 Å². The average Bonchev–Trinajstić information content (AvgIpc) is 2.94. The first-order chi connectivity index (χ1) is 10.6. The van der Waals surface area contributed by atoms with Gasteiger partial charge in [0.25, 0.3) is 23.6 Å². The van der Waals surface area contributed by atoms with Crippen molar-refractivity contribution in [3.8, 4) is 0 Å². The molecule has 0 fully saturated rings. The van der Waals surface area contributed by atoms with Gasteiger partial charge in [0.15, 0.2) is 0 Å². The molecule has 4 amide bonds. The van der Waals surface area contributed by atoms with Gasteiger partial charge in [-0.2, -0.15) is 10.0 Å². The Morgan fingerprint density at radius 2 is 0.739 bits per heavy atom. The quantitative estimate of drug-likeness (QED) is 0.476. The van der Waals surface area contributed by atoms with Crippen molar-refractivity contribution in [2.24, 2.45) is 0 Å². The van der Waals surface area contributed by atoms with Crippen molar-refractivity contribution in [1.29, 1.82) is 0 Å². The molecule has 23 heavy (non-hydrogen) atoms. The molecule has 0 unspecified atom stereocenters. The van der Waals surface area contributed by atoms with Gasteiger partial charge in [-0.3, -0.25) is 19.2 Å². The molecule has 0 saturated heterocycles. The van der Waals surface area contributed by atoms with Crippen molar-refractivity contribution >= 4 is 23.6 Å². The van der Waals surface area contributed by atoms with E-state index < -0.39 is 23.6 Å². The molecule has 0 aliphatic carbocycles. The molecule has 108 valence electrons. The van der Waals surface area contributed by atoms with E-state index >= 15 is 0 Å². The first-order valence-corrected chi connectivity index (χ1v) is 6.57. The van der Waals surface area contributed by atoms with Crippen molar-refractivity contribution < 1.29 is 72.0 Å². The molecule has 0 spiro atoms. The summed E-state index contributed by atoms with van der Waals surface area (Å²) in [4.78, 5) is 49.6. The van der Waals surface area contributed by atoms with Crippen molar-refractivity contribution in [2.45, 2.75) is 0 Å². The summed E-state index contributed by atoms with van der Waals surface area (Å²) in [6.07, 6.45) is 0. The number of amides is 4. The van der Waals surface area contributed by atoms with Crippen LogP contribution in [0.2, 0.25) is 0 Å². The van der Waals surface area contributed by atoms with E-state index in [-0.39, 0.29) is 75.1 Å². The molecule has 2 heterocycles. The fraction of sp³-hybridized carbons (Fsp3) is 0. The minimum Gasteiger partial charge on any atom is -1.00 e. The normalized spacial score (nSPS) is 15.7. The van der Waals surface area contributed by atoms with Crippen LogP contribution < -0.4 is 51.4 Å². The standard InChI is InChI=1S/C16H8N2O4.K.H/c19-13-9-5-1-2-6-10(9)14(20)17(13)18-15(21)11-7-3-4-8-12(11)16(18)22;;/h1-8H;;/q;+1;-1. The second-order valence-electron chi connectivity index (χ2n) is 4.94. The fourth-order valence-corrected chi connectivity index (χ4v) is 2.72. The minimum absolute atomic E-state index is 0. The number of hydrogen-bond donors (Lipinski definition) is 0. The van der Waals surface area contributed by atoms with Crippen LogP contribution in [-0.4, -0.2) is 33.6 Å². The number of carbonyl (C=O) groups excluding carboxylic acids is 4. The molecule has 2 aliphatic heterocycles. The molecule has 4 rings (SSSR count). The smallest absolute Gasteiger partial charge is 1.00 e. The van der Waals surface area contributed by atoms with E-state index in [0.29, 0.717) is 10.0 Å². The fourth-order valence-electron chi connectivity index (χ4n) is 2.72. The number of nitrogens with zero attached hydrogens (tertiary/aromatic N) is 2. The third-order valence-corrected chi connectivity index (χ3v) is 3.75. The number of benzene rings is 2. The number of imide groups is 2. The van der Waals surface area contributed by atoms with Gasteiger partial charge in [-0.05, 0) is 24.3 Å². The molecule has 6 nitrogen and oxygen atoms in total. The summed E-state index contributed by atoms with van der Waals surface area (Å²) < 4.78 is 0. The molecule has 2 aliphatic rings. The average molecular weight is 332 g/mol. The second kappa shape index (κ2) is 5.77. The summed E-state index contributed by atoms with van der Waals surface area (Å²) >= 11 is 0. The first-order valence-electron chi connectivity index (χ1n) is 6.57.